The summed E-state index contributed by atoms with van der Waals surface area (Å²) >= 11 is 1.29. The van der Waals surface area contributed by atoms with Crippen molar-refractivity contribution in [1.82, 2.24) is 15.1 Å². The van der Waals surface area contributed by atoms with Gasteiger partial charge in [0.1, 0.15) is 15.2 Å². The molecule has 0 unspecified atom stereocenters. The van der Waals surface area contributed by atoms with Crippen LogP contribution in [0.2, 0.25) is 0 Å². The van der Waals surface area contributed by atoms with Gasteiger partial charge in [-0.05, 0) is 25.8 Å². The number of terminal acetylenes is 1. The van der Waals surface area contributed by atoms with Crippen molar-refractivity contribution in [2.24, 2.45) is 7.05 Å². The van der Waals surface area contributed by atoms with Crippen LogP contribution in [0.15, 0.2) is 6.07 Å². The van der Waals surface area contributed by atoms with E-state index in [9.17, 15) is 9.59 Å². The third-order valence-corrected chi connectivity index (χ3v) is 5.28. The fourth-order valence-corrected chi connectivity index (χ4v) is 3.49. The molecule has 0 radical (unpaired) electrons. The molecule has 128 valence electrons. The average Bonchev–Trinajstić information content (AvgIpc) is 3.12. The number of carbonyl (C=O) groups excluding carboxylic acids is 2. The molecule has 0 aromatic carbocycles. The molecule has 7 heteroatoms. The largest absolute Gasteiger partial charge is 0.451 e. The third-order valence-electron chi connectivity index (χ3n) is 4.09. The Morgan fingerprint density at radius 2 is 2.12 bits per heavy atom. The molecule has 2 aromatic heterocycles. The van der Waals surface area contributed by atoms with Gasteiger partial charge < -0.3 is 10.1 Å². The first kappa shape index (κ1) is 18.0. The van der Waals surface area contributed by atoms with Crippen LogP contribution < -0.4 is 5.32 Å². The van der Waals surface area contributed by atoms with Crippen LogP contribution in [0.5, 0.6) is 0 Å². The van der Waals surface area contributed by atoms with Crippen LogP contribution in [-0.4, -0.2) is 33.8 Å². The minimum atomic E-state index is -0.691. The number of hydrogen-bond acceptors (Lipinski definition) is 5. The summed E-state index contributed by atoms with van der Waals surface area (Å²) < 4.78 is 6.83. The van der Waals surface area contributed by atoms with E-state index >= 15 is 0 Å². The maximum absolute atomic E-state index is 12.2. The zero-order valence-corrected chi connectivity index (χ0v) is 15.1. The molecule has 0 saturated heterocycles. The summed E-state index contributed by atoms with van der Waals surface area (Å²) in [5.41, 5.74) is 0.161. The van der Waals surface area contributed by atoms with Crippen molar-refractivity contribution in [2.45, 2.75) is 39.2 Å². The van der Waals surface area contributed by atoms with E-state index in [-0.39, 0.29) is 6.61 Å². The maximum atomic E-state index is 12.2. The number of hydrogen-bond donors (Lipinski definition) is 1. The van der Waals surface area contributed by atoms with E-state index < -0.39 is 17.4 Å². The summed E-state index contributed by atoms with van der Waals surface area (Å²) in [5.74, 6) is 1.69. The van der Waals surface area contributed by atoms with Gasteiger partial charge in [-0.2, -0.15) is 5.10 Å². The summed E-state index contributed by atoms with van der Waals surface area (Å²) in [4.78, 5) is 25.5. The van der Waals surface area contributed by atoms with Crippen molar-refractivity contribution >= 4 is 33.4 Å². The first-order valence-corrected chi connectivity index (χ1v) is 8.56. The van der Waals surface area contributed by atoms with Crippen molar-refractivity contribution in [3.8, 4) is 12.3 Å². The standard InChI is InChI=1S/C17H21N3O3S/c1-6-17(7-2,8-3)18-14(21)10-23-16(22)13-9-12-11(4)19-20(5)15(12)24-13/h1,9H,7-8,10H2,2-5H3,(H,18,21). The topological polar surface area (TPSA) is 73.2 Å². The molecular formula is C17H21N3O3S. The lowest BCUT2D eigenvalue weighted by Gasteiger charge is -2.26. The molecule has 0 atom stereocenters. The SMILES string of the molecule is C#CC(CC)(CC)NC(=O)COC(=O)c1cc2c(C)nn(C)c2s1. The van der Waals surface area contributed by atoms with Gasteiger partial charge in [0.15, 0.2) is 6.61 Å². The predicted molar refractivity (Wildman–Crippen MR) is 93.9 cm³/mol. The minimum absolute atomic E-state index is 0.353. The highest BCUT2D eigenvalue weighted by Crippen LogP contribution is 2.28. The molecule has 1 N–H and O–H groups in total. The van der Waals surface area contributed by atoms with E-state index in [2.05, 4.69) is 16.3 Å². The minimum Gasteiger partial charge on any atom is -0.451 e. The number of nitrogens with zero attached hydrogens (tertiary/aromatic N) is 2. The van der Waals surface area contributed by atoms with E-state index in [4.69, 9.17) is 11.2 Å². The number of aromatic nitrogens is 2. The van der Waals surface area contributed by atoms with Gasteiger partial charge in [0.2, 0.25) is 0 Å². The molecule has 2 aromatic rings. The zero-order chi connectivity index (χ0) is 17.9. The van der Waals surface area contributed by atoms with Crippen molar-refractivity contribution in [3.63, 3.8) is 0 Å². The Morgan fingerprint density at radius 1 is 1.46 bits per heavy atom. The van der Waals surface area contributed by atoms with Crippen molar-refractivity contribution in [3.05, 3.63) is 16.6 Å². The molecule has 0 spiro atoms. The van der Waals surface area contributed by atoms with Gasteiger partial charge in [0, 0.05) is 12.4 Å². The molecule has 2 rings (SSSR count). The first-order valence-electron chi connectivity index (χ1n) is 7.74. The highest BCUT2D eigenvalue weighted by atomic mass is 32.1. The van der Waals surface area contributed by atoms with Crippen LogP contribution in [0.3, 0.4) is 0 Å². The summed E-state index contributed by atoms with van der Waals surface area (Å²) in [6.07, 6.45) is 6.73. The number of aryl methyl sites for hydroxylation is 2. The van der Waals surface area contributed by atoms with Crippen LogP contribution in [-0.2, 0) is 16.6 Å². The molecular weight excluding hydrogens is 326 g/mol. The van der Waals surface area contributed by atoms with E-state index in [0.717, 1.165) is 15.9 Å². The number of carbonyl (C=O) groups is 2. The number of amides is 1. The highest BCUT2D eigenvalue weighted by molar-refractivity contribution is 7.20. The fraction of sp³-hybridized carbons (Fsp3) is 0.471. The second kappa shape index (κ2) is 7.05. The Bertz CT molecular complexity index is 775. The van der Waals surface area contributed by atoms with E-state index in [1.54, 1.807) is 10.7 Å². The van der Waals surface area contributed by atoms with Crippen LogP contribution in [0.1, 0.15) is 42.1 Å². The molecule has 0 saturated carbocycles. The van der Waals surface area contributed by atoms with E-state index in [0.29, 0.717) is 17.7 Å². The van der Waals surface area contributed by atoms with Gasteiger partial charge in [-0.1, -0.05) is 19.8 Å². The Kier molecular flexibility index (Phi) is 5.30. The molecule has 0 aliphatic carbocycles. The first-order chi connectivity index (χ1) is 11.4. The molecule has 0 aliphatic rings. The lowest BCUT2D eigenvalue weighted by atomic mass is 9.94. The molecule has 6 nitrogen and oxygen atoms in total. The normalized spacial score (nSPS) is 11.3. The van der Waals surface area contributed by atoms with Gasteiger partial charge in [-0.3, -0.25) is 9.48 Å². The van der Waals surface area contributed by atoms with Gasteiger partial charge in [-0.15, -0.1) is 17.8 Å². The average molecular weight is 347 g/mol. The molecule has 0 fully saturated rings. The van der Waals surface area contributed by atoms with Crippen molar-refractivity contribution < 1.29 is 14.3 Å². The van der Waals surface area contributed by atoms with Crippen LogP contribution in [0, 0.1) is 19.3 Å². The number of thiophene rings is 1. The molecule has 2 heterocycles. The van der Waals surface area contributed by atoms with Crippen molar-refractivity contribution in [1.29, 1.82) is 0 Å². The van der Waals surface area contributed by atoms with E-state index in [1.807, 2.05) is 27.8 Å². The van der Waals surface area contributed by atoms with Crippen molar-refractivity contribution in [2.75, 3.05) is 6.61 Å². The summed E-state index contributed by atoms with van der Waals surface area (Å²) in [7, 11) is 1.82. The lowest BCUT2D eigenvalue weighted by Crippen LogP contribution is -2.48. The second-order valence-electron chi connectivity index (χ2n) is 5.60. The fourth-order valence-electron chi connectivity index (χ4n) is 2.48. The zero-order valence-electron chi connectivity index (χ0n) is 14.3. The second-order valence-corrected chi connectivity index (χ2v) is 6.63. The maximum Gasteiger partial charge on any atom is 0.348 e. The number of fused-ring (bicyclic) bond motifs is 1. The molecule has 0 bridgehead atoms. The molecule has 24 heavy (non-hydrogen) atoms. The number of esters is 1. The monoisotopic (exact) mass is 347 g/mol. The Labute approximate surface area is 145 Å². The smallest absolute Gasteiger partial charge is 0.348 e. The van der Waals surface area contributed by atoms with Gasteiger partial charge in [0.05, 0.1) is 5.69 Å². The molecule has 1 amide bonds. The van der Waals surface area contributed by atoms with Crippen LogP contribution in [0.4, 0.5) is 0 Å². The predicted octanol–water partition coefficient (Wildman–Crippen LogP) is 2.41. The summed E-state index contributed by atoms with van der Waals surface area (Å²) in [6, 6.07) is 1.74. The van der Waals surface area contributed by atoms with Crippen LogP contribution in [0.25, 0.3) is 10.2 Å². The van der Waals surface area contributed by atoms with Crippen LogP contribution >= 0.6 is 11.3 Å². The summed E-state index contributed by atoms with van der Waals surface area (Å²) in [5, 5.41) is 7.97. The van der Waals surface area contributed by atoms with Gasteiger partial charge in [0.25, 0.3) is 5.91 Å². The quantitative estimate of drug-likeness (QED) is 0.643. The molecule has 0 aliphatic heterocycles. The number of nitrogens with one attached hydrogen (secondary N) is 1. The number of ether oxygens (including phenoxy) is 1. The van der Waals surface area contributed by atoms with Gasteiger partial charge >= 0.3 is 5.97 Å². The lowest BCUT2D eigenvalue weighted by molar-refractivity contribution is -0.125. The van der Waals surface area contributed by atoms with E-state index in [1.165, 1.54) is 11.3 Å². The summed E-state index contributed by atoms with van der Waals surface area (Å²) in [6.45, 7) is 5.34. The Morgan fingerprint density at radius 3 is 2.67 bits per heavy atom. The van der Waals surface area contributed by atoms with Gasteiger partial charge in [-0.25, -0.2) is 4.79 Å². The number of rotatable bonds is 6. The highest BCUT2D eigenvalue weighted by Gasteiger charge is 2.26. The Balaban J connectivity index is 2.00. The Hall–Kier alpha value is -2.33. The third kappa shape index (κ3) is 3.44.